The molecule has 4 aliphatic heterocycles. The number of ether oxygens (including phenoxy) is 2. The minimum atomic E-state index is -1.33. The van der Waals surface area contributed by atoms with E-state index in [0.29, 0.717) is 68.6 Å². The number of allylic oxidation sites excluding steroid dienone is 5. The van der Waals surface area contributed by atoms with Gasteiger partial charge in [0.05, 0.1) is 17.3 Å². The Hall–Kier alpha value is -5.50. The van der Waals surface area contributed by atoms with Crippen molar-refractivity contribution >= 4 is 16.9 Å². The number of hydrogen-bond donors (Lipinski definition) is 8. The highest BCUT2D eigenvalue weighted by molar-refractivity contribution is 5.93. The van der Waals surface area contributed by atoms with E-state index in [9.17, 15) is 30.0 Å². The molecular weight excluding hydrogens is 765 g/mol. The van der Waals surface area contributed by atoms with E-state index in [1.165, 1.54) is 6.07 Å². The summed E-state index contributed by atoms with van der Waals surface area (Å²) < 4.78 is 20.5. The molecule has 0 saturated heterocycles. The van der Waals surface area contributed by atoms with E-state index in [4.69, 9.17) is 25.4 Å². The first-order valence-electron chi connectivity index (χ1n) is 21.2. The topological polar surface area (TPSA) is 223 Å². The molecule has 1 saturated carbocycles. The molecular formula is C47H54N4O9. The molecule has 0 spiro atoms. The number of nitrogens with two attached hydrogens (primary N) is 2. The number of nitrogens with one attached hydrogen (secondary N) is 2. The average molecular weight is 819 g/mol. The maximum absolute atomic E-state index is 14.5. The van der Waals surface area contributed by atoms with Crippen molar-refractivity contribution < 1.29 is 39.1 Å². The summed E-state index contributed by atoms with van der Waals surface area (Å²) in [6.07, 6.45) is 13.3. The fraction of sp³-hybridized carbons (Fsp3) is 0.447. The zero-order valence-electron chi connectivity index (χ0n) is 34.1. The maximum Gasteiger partial charge on any atom is 0.337 e. The van der Waals surface area contributed by atoms with Crippen LogP contribution in [0, 0.1) is 11.8 Å². The third-order valence-electron chi connectivity index (χ3n) is 14.0. The lowest BCUT2D eigenvalue weighted by Crippen LogP contribution is -2.57. The third kappa shape index (κ3) is 6.67. The standard InChI is InChI=1S/C47H54N4O9/c1-3-34(47(57)13-4-5-14-47)45(56)59-36-21-33-41(55)40-35(54)20-30(23-52)58-43(40)39-32-19-27-18-29(53)10-9-25(27)7-8-26(38-31(32)12-15-50-44(38)49)17-28(46(36,2)60-42(33)39)16-24-6-11-37(48)51-22-24/h3,6,9-12,18,20,22,26,28,32,36-37,50-53,55,57H,4-5,7-8,13-17,19,21,23,48-49H2,1-2H3/b34-3+/t26-,28+,32+,36-,37?,46+/m1/s1. The number of aliphatic hydroxyl groups excluding tert-OH is 1. The molecule has 1 unspecified atom stereocenters. The summed E-state index contributed by atoms with van der Waals surface area (Å²) in [6.45, 7) is 3.55. The number of esters is 1. The lowest BCUT2D eigenvalue weighted by Gasteiger charge is -2.49. The van der Waals surface area contributed by atoms with E-state index in [1.54, 1.807) is 25.1 Å². The molecule has 2 aliphatic carbocycles. The Labute approximate surface area is 348 Å². The van der Waals surface area contributed by atoms with Gasteiger partial charge in [-0.3, -0.25) is 4.79 Å². The molecule has 2 aromatic carbocycles. The molecule has 0 amide bonds. The van der Waals surface area contributed by atoms with Crippen LogP contribution < -0.4 is 32.3 Å². The van der Waals surface area contributed by atoms with Crippen LogP contribution in [0.4, 0.5) is 0 Å². The first-order valence-corrected chi connectivity index (χ1v) is 21.2. The largest absolute Gasteiger partial charge is 0.508 e. The van der Waals surface area contributed by atoms with Crippen molar-refractivity contribution in [3.05, 3.63) is 121 Å². The number of phenolic OH excluding ortho intramolecular Hbond substituents is 2. The number of fused-ring (bicyclic) bond motifs is 5. The second-order valence-electron chi connectivity index (χ2n) is 17.6. The number of rotatable bonds is 6. The predicted molar refractivity (Wildman–Crippen MR) is 225 cm³/mol. The Morgan fingerprint density at radius 3 is 2.67 bits per heavy atom. The van der Waals surface area contributed by atoms with Crippen LogP contribution in [0.25, 0.3) is 11.0 Å². The second kappa shape index (κ2) is 15.2. The van der Waals surface area contributed by atoms with Crippen LogP contribution in [0.3, 0.4) is 0 Å². The van der Waals surface area contributed by atoms with E-state index < -0.39 is 41.2 Å². The molecule has 1 aromatic heterocycles. The number of carbonyl (C=O) groups is 1. The normalized spacial score (nSPS) is 28.1. The van der Waals surface area contributed by atoms with E-state index in [1.807, 2.05) is 31.3 Å². The van der Waals surface area contributed by atoms with E-state index in [-0.39, 0.29) is 63.8 Å². The minimum Gasteiger partial charge on any atom is -0.508 e. The van der Waals surface area contributed by atoms with Crippen molar-refractivity contribution in [3.8, 4) is 17.2 Å². The lowest BCUT2D eigenvalue weighted by molar-refractivity contribution is -0.167. The first kappa shape index (κ1) is 39.9. The van der Waals surface area contributed by atoms with Gasteiger partial charge in [0, 0.05) is 48.2 Å². The van der Waals surface area contributed by atoms with Crippen LogP contribution in [-0.4, -0.2) is 56.4 Å². The number of phenols is 2. The Kier molecular flexibility index (Phi) is 10.1. The van der Waals surface area contributed by atoms with E-state index in [2.05, 4.69) is 16.7 Å². The van der Waals surface area contributed by atoms with Crippen molar-refractivity contribution in [2.24, 2.45) is 23.3 Å². The van der Waals surface area contributed by atoms with Gasteiger partial charge in [-0.1, -0.05) is 37.1 Å². The van der Waals surface area contributed by atoms with Gasteiger partial charge in [0.2, 0.25) is 0 Å². The third-order valence-corrected chi connectivity index (χ3v) is 14.0. The summed E-state index contributed by atoms with van der Waals surface area (Å²) in [6, 6.07) is 6.61. The number of carbonyl (C=O) groups excluding carboxylic acids is 1. The fourth-order valence-electron chi connectivity index (χ4n) is 10.9. The number of aromatic hydroxyl groups is 2. The number of dihydropyridines is 2. The molecule has 6 atom stereocenters. The van der Waals surface area contributed by atoms with Gasteiger partial charge in [0.1, 0.15) is 58.1 Å². The van der Waals surface area contributed by atoms with Gasteiger partial charge in [-0.15, -0.1) is 0 Å². The molecule has 10 N–H and O–H groups in total. The Morgan fingerprint density at radius 2 is 1.93 bits per heavy atom. The highest BCUT2D eigenvalue weighted by Crippen LogP contribution is 2.57. The summed E-state index contributed by atoms with van der Waals surface area (Å²) >= 11 is 0. The SMILES string of the molecule is C/C=C(\C(=O)O[C@@H]1Cc2c3c(c4oc(CO)cc(=O)c4c2O)[C@H]2Cc4cc(O)ccc4CC[C@H](C[C@H](CC4=CNC(N)C=C4)[C@]1(C)O3)C1=C(N)NCC=C12)C1(O)CCCC1. The summed E-state index contributed by atoms with van der Waals surface area (Å²) in [5, 5.41) is 51.7. The van der Waals surface area contributed by atoms with Crippen LogP contribution in [0.1, 0.15) is 92.7 Å². The van der Waals surface area contributed by atoms with Gasteiger partial charge >= 0.3 is 5.97 Å². The van der Waals surface area contributed by atoms with Crippen LogP contribution in [-0.2, 0) is 35.4 Å². The maximum atomic E-state index is 14.5. The second-order valence-corrected chi connectivity index (χ2v) is 17.6. The van der Waals surface area contributed by atoms with Crippen molar-refractivity contribution in [1.82, 2.24) is 10.6 Å². The highest BCUT2D eigenvalue weighted by atomic mass is 16.6. The number of aryl methyl sites for hydroxylation is 1. The molecule has 316 valence electrons. The summed E-state index contributed by atoms with van der Waals surface area (Å²) in [7, 11) is 0. The minimum absolute atomic E-state index is 0.0162. The Morgan fingerprint density at radius 1 is 1.13 bits per heavy atom. The van der Waals surface area contributed by atoms with Gasteiger partial charge in [0.25, 0.3) is 0 Å². The molecule has 13 heteroatoms. The summed E-state index contributed by atoms with van der Waals surface area (Å²) in [4.78, 5) is 28.6. The van der Waals surface area contributed by atoms with Crippen molar-refractivity contribution in [2.75, 3.05) is 6.54 Å². The Bertz CT molecular complexity index is 2490. The Balaban J connectivity index is 1.34. The van der Waals surface area contributed by atoms with Gasteiger partial charge in [0.15, 0.2) is 5.43 Å². The number of aliphatic hydroxyl groups is 2. The molecule has 1 fully saturated rings. The summed E-state index contributed by atoms with van der Waals surface area (Å²) in [5.41, 5.74) is 15.9. The number of benzene rings is 2. The van der Waals surface area contributed by atoms with Crippen molar-refractivity contribution in [1.29, 1.82) is 0 Å². The van der Waals surface area contributed by atoms with Crippen molar-refractivity contribution in [3.63, 3.8) is 0 Å². The van der Waals surface area contributed by atoms with Crippen LogP contribution in [0.2, 0.25) is 0 Å². The predicted octanol–water partition coefficient (Wildman–Crippen LogP) is 4.88. The zero-order valence-corrected chi connectivity index (χ0v) is 34.1. The number of hydrogen-bond acceptors (Lipinski definition) is 13. The van der Waals surface area contributed by atoms with Crippen LogP contribution in [0.5, 0.6) is 17.2 Å². The molecule has 60 heavy (non-hydrogen) atoms. The van der Waals surface area contributed by atoms with E-state index >= 15 is 0 Å². The van der Waals surface area contributed by atoms with Crippen LogP contribution >= 0.6 is 0 Å². The van der Waals surface area contributed by atoms with Gasteiger partial charge < -0.3 is 56.4 Å². The van der Waals surface area contributed by atoms with Gasteiger partial charge in [-0.2, -0.15) is 0 Å². The molecule has 6 aliphatic rings. The first-order chi connectivity index (χ1) is 28.8. The van der Waals surface area contributed by atoms with Crippen LogP contribution in [0.15, 0.2) is 92.1 Å². The zero-order chi connectivity index (χ0) is 42.1. The molecule has 13 nitrogen and oxygen atoms in total. The van der Waals surface area contributed by atoms with E-state index in [0.717, 1.165) is 40.7 Å². The molecule has 4 bridgehead atoms. The molecule has 5 heterocycles. The highest BCUT2D eigenvalue weighted by Gasteiger charge is 2.54. The average Bonchev–Trinajstić information content (AvgIpc) is 3.68. The lowest BCUT2D eigenvalue weighted by atomic mass is 9.67. The molecule has 3 aromatic rings. The quantitative estimate of drug-likeness (QED) is 0.123. The summed E-state index contributed by atoms with van der Waals surface area (Å²) in [5.74, 6) is -1.15. The monoisotopic (exact) mass is 818 g/mol. The van der Waals surface area contributed by atoms with Gasteiger partial charge in [-0.05, 0) is 111 Å². The molecule has 9 rings (SSSR count). The van der Waals surface area contributed by atoms with Gasteiger partial charge in [-0.25, -0.2) is 4.79 Å². The smallest absolute Gasteiger partial charge is 0.337 e. The van der Waals surface area contributed by atoms with Crippen molar-refractivity contribution in [2.45, 2.75) is 114 Å². The molecule has 0 radical (unpaired) electrons. The fourth-order valence-corrected chi connectivity index (χ4v) is 10.9.